The first kappa shape index (κ1) is 19.5. The Morgan fingerprint density at radius 3 is 2.41 bits per heavy atom. The molecule has 0 radical (unpaired) electrons. The molecule has 0 aliphatic carbocycles. The molecule has 0 spiro atoms. The van der Waals surface area contributed by atoms with Crippen LogP contribution in [0, 0.1) is 6.92 Å². The Kier molecular flexibility index (Phi) is 5.84. The van der Waals surface area contributed by atoms with Gasteiger partial charge in [0, 0.05) is 30.2 Å². The fourth-order valence-corrected chi connectivity index (χ4v) is 4.75. The number of nitrogens with one attached hydrogen (secondary N) is 2. The maximum atomic E-state index is 12.9. The summed E-state index contributed by atoms with van der Waals surface area (Å²) in [5, 5.41) is 6.30. The van der Waals surface area contributed by atoms with Crippen LogP contribution in [0.25, 0.3) is 0 Å². The van der Waals surface area contributed by atoms with Crippen molar-refractivity contribution in [3.63, 3.8) is 0 Å². The summed E-state index contributed by atoms with van der Waals surface area (Å²) in [6.07, 6.45) is 4.81. The summed E-state index contributed by atoms with van der Waals surface area (Å²) in [7, 11) is 0. The van der Waals surface area contributed by atoms with Gasteiger partial charge in [0.1, 0.15) is 0 Å². The van der Waals surface area contributed by atoms with Crippen molar-refractivity contribution in [1.82, 2.24) is 15.5 Å². The van der Waals surface area contributed by atoms with Gasteiger partial charge in [0.15, 0.2) is 0 Å². The molecule has 2 fully saturated rings. The van der Waals surface area contributed by atoms with Crippen molar-refractivity contribution < 1.29 is 9.59 Å². The van der Waals surface area contributed by atoms with Gasteiger partial charge in [-0.25, -0.2) is 4.79 Å². The smallest absolute Gasteiger partial charge is 0.318 e. The number of nitrogens with zero attached hydrogens (tertiary/aromatic N) is 1. The number of aryl methyl sites for hydroxylation is 1. The Bertz CT molecular complexity index is 853. The number of benzene rings is 2. The summed E-state index contributed by atoms with van der Waals surface area (Å²) >= 11 is 0. The minimum Gasteiger partial charge on any atom is -0.349 e. The molecule has 2 aliphatic rings. The van der Waals surface area contributed by atoms with Gasteiger partial charge in [0.2, 0.25) is 0 Å². The van der Waals surface area contributed by atoms with Crippen LogP contribution in [-0.4, -0.2) is 35.0 Å². The maximum absolute atomic E-state index is 12.9. The van der Waals surface area contributed by atoms with Crippen LogP contribution in [0.15, 0.2) is 54.6 Å². The van der Waals surface area contributed by atoms with E-state index in [2.05, 4.69) is 10.6 Å². The zero-order valence-corrected chi connectivity index (χ0v) is 16.9. The lowest BCUT2D eigenvalue weighted by Crippen LogP contribution is -2.60. The molecule has 2 saturated heterocycles. The molecular formula is C24H29N3O2. The highest BCUT2D eigenvalue weighted by Crippen LogP contribution is 2.34. The van der Waals surface area contributed by atoms with E-state index in [-0.39, 0.29) is 30.1 Å². The molecule has 2 N–H and O–H groups in total. The molecule has 2 bridgehead atoms. The summed E-state index contributed by atoms with van der Waals surface area (Å²) in [4.78, 5) is 27.6. The molecule has 0 aromatic heterocycles. The third kappa shape index (κ3) is 4.61. The van der Waals surface area contributed by atoms with E-state index in [0.717, 1.165) is 43.2 Å². The molecule has 0 saturated carbocycles. The lowest BCUT2D eigenvalue weighted by atomic mass is 9.82. The Morgan fingerprint density at radius 2 is 1.72 bits per heavy atom. The quantitative estimate of drug-likeness (QED) is 0.827. The fourth-order valence-electron chi connectivity index (χ4n) is 4.75. The fraction of sp³-hybridized carbons (Fsp3) is 0.417. The van der Waals surface area contributed by atoms with Gasteiger partial charge in [0.05, 0.1) is 0 Å². The van der Waals surface area contributed by atoms with Gasteiger partial charge in [-0.1, -0.05) is 48.0 Å². The standard InChI is InChI=1S/C24H29N3O2/c1-17-7-5-10-19(13-17)23(28)26-20-14-21-11-6-12-22(15-20)27(21)24(29)25-16-18-8-3-2-4-9-18/h2-5,7-10,13,20-22H,6,11-12,14-16H2,1H3,(H,25,29)(H,26,28)/t20?,21-,22+. The molecule has 1 unspecified atom stereocenters. The van der Waals surface area contributed by atoms with Gasteiger partial charge in [-0.3, -0.25) is 4.79 Å². The number of urea groups is 1. The topological polar surface area (TPSA) is 61.4 Å². The molecule has 2 heterocycles. The van der Waals surface area contributed by atoms with E-state index in [1.165, 1.54) is 0 Å². The average Bonchev–Trinajstić information content (AvgIpc) is 2.72. The van der Waals surface area contributed by atoms with Crippen molar-refractivity contribution in [3.8, 4) is 0 Å². The minimum absolute atomic E-state index is 0.0150. The number of carbonyl (C=O) groups excluding carboxylic acids is 2. The Labute approximate surface area is 172 Å². The molecular weight excluding hydrogens is 362 g/mol. The number of hydrogen-bond acceptors (Lipinski definition) is 2. The van der Waals surface area contributed by atoms with E-state index in [9.17, 15) is 9.59 Å². The Hall–Kier alpha value is -2.82. The first-order chi connectivity index (χ1) is 14.1. The van der Waals surface area contributed by atoms with Crippen LogP contribution in [0.2, 0.25) is 0 Å². The van der Waals surface area contributed by atoms with E-state index in [0.29, 0.717) is 12.1 Å². The monoisotopic (exact) mass is 391 g/mol. The predicted molar refractivity (Wildman–Crippen MR) is 114 cm³/mol. The van der Waals surface area contributed by atoms with Crippen LogP contribution in [0.4, 0.5) is 4.79 Å². The first-order valence-electron chi connectivity index (χ1n) is 10.6. The van der Waals surface area contributed by atoms with Crippen LogP contribution in [-0.2, 0) is 6.54 Å². The van der Waals surface area contributed by atoms with Crippen LogP contribution in [0.1, 0.15) is 53.6 Å². The van der Waals surface area contributed by atoms with E-state index >= 15 is 0 Å². The normalized spacial score (nSPS) is 23.3. The van der Waals surface area contributed by atoms with Crippen LogP contribution >= 0.6 is 0 Å². The van der Waals surface area contributed by atoms with E-state index < -0.39 is 0 Å². The van der Waals surface area contributed by atoms with E-state index in [1.54, 1.807) is 0 Å². The summed E-state index contributed by atoms with van der Waals surface area (Å²) in [5.41, 5.74) is 2.89. The number of carbonyl (C=O) groups is 2. The van der Waals surface area contributed by atoms with Gasteiger partial charge in [-0.15, -0.1) is 0 Å². The third-order valence-corrected chi connectivity index (χ3v) is 6.11. The second kappa shape index (κ2) is 8.68. The summed E-state index contributed by atoms with van der Waals surface area (Å²) in [6, 6.07) is 18.2. The molecule has 4 rings (SSSR count). The van der Waals surface area contributed by atoms with Gasteiger partial charge >= 0.3 is 6.03 Å². The predicted octanol–water partition coefficient (Wildman–Crippen LogP) is 4.02. The molecule has 152 valence electrons. The lowest BCUT2D eigenvalue weighted by Gasteiger charge is -2.48. The summed E-state index contributed by atoms with van der Waals surface area (Å²) < 4.78 is 0. The lowest BCUT2D eigenvalue weighted by molar-refractivity contribution is 0.0522. The molecule has 5 nitrogen and oxygen atoms in total. The van der Waals surface area contributed by atoms with Crippen molar-refractivity contribution in [2.24, 2.45) is 0 Å². The number of piperidine rings is 2. The van der Waals surface area contributed by atoms with Crippen molar-refractivity contribution in [1.29, 1.82) is 0 Å². The van der Waals surface area contributed by atoms with E-state index in [1.807, 2.05) is 66.4 Å². The summed E-state index contributed by atoms with van der Waals surface area (Å²) in [5.74, 6) is -0.0150. The summed E-state index contributed by atoms with van der Waals surface area (Å²) in [6.45, 7) is 2.54. The number of fused-ring (bicyclic) bond motifs is 2. The van der Waals surface area contributed by atoms with Crippen molar-refractivity contribution in [3.05, 3.63) is 71.3 Å². The molecule has 2 aromatic carbocycles. The molecule has 29 heavy (non-hydrogen) atoms. The van der Waals surface area contributed by atoms with Gasteiger partial charge in [-0.05, 0) is 56.7 Å². The SMILES string of the molecule is Cc1cccc(C(=O)NC2C[C@H]3CCC[C@@H](C2)N3C(=O)NCc2ccccc2)c1. The Morgan fingerprint density at radius 1 is 1.00 bits per heavy atom. The molecule has 3 atom stereocenters. The minimum atomic E-state index is -0.0150. The second-order valence-electron chi connectivity index (χ2n) is 8.30. The average molecular weight is 392 g/mol. The highest BCUT2D eigenvalue weighted by Gasteiger charge is 2.41. The van der Waals surface area contributed by atoms with Crippen LogP contribution in [0.5, 0.6) is 0 Å². The third-order valence-electron chi connectivity index (χ3n) is 6.11. The number of rotatable bonds is 4. The van der Waals surface area contributed by atoms with Gasteiger partial charge in [-0.2, -0.15) is 0 Å². The largest absolute Gasteiger partial charge is 0.349 e. The van der Waals surface area contributed by atoms with Crippen LogP contribution in [0.3, 0.4) is 0 Å². The van der Waals surface area contributed by atoms with E-state index in [4.69, 9.17) is 0 Å². The molecule has 2 aromatic rings. The molecule has 3 amide bonds. The van der Waals surface area contributed by atoms with Gasteiger partial charge < -0.3 is 15.5 Å². The first-order valence-corrected chi connectivity index (χ1v) is 10.6. The second-order valence-corrected chi connectivity index (χ2v) is 8.30. The zero-order chi connectivity index (χ0) is 20.2. The number of hydrogen-bond donors (Lipinski definition) is 2. The van der Waals surface area contributed by atoms with Crippen molar-refractivity contribution in [2.75, 3.05) is 0 Å². The molecule has 5 heteroatoms. The highest BCUT2D eigenvalue weighted by atomic mass is 16.2. The molecule has 2 aliphatic heterocycles. The van der Waals surface area contributed by atoms with Crippen molar-refractivity contribution in [2.45, 2.75) is 63.7 Å². The van der Waals surface area contributed by atoms with Crippen molar-refractivity contribution >= 4 is 11.9 Å². The zero-order valence-electron chi connectivity index (χ0n) is 16.9. The van der Waals surface area contributed by atoms with Crippen LogP contribution < -0.4 is 10.6 Å². The number of amides is 3. The van der Waals surface area contributed by atoms with Gasteiger partial charge in [0.25, 0.3) is 5.91 Å². The highest BCUT2D eigenvalue weighted by molar-refractivity contribution is 5.94. The Balaban J connectivity index is 1.37. The maximum Gasteiger partial charge on any atom is 0.318 e.